The smallest absolute Gasteiger partial charge is 0.115 e. The third-order valence-electron chi connectivity index (χ3n) is 1.98. The van der Waals surface area contributed by atoms with Gasteiger partial charge in [-0.3, -0.25) is 5.84 Å². The minimum Gasteiger partial charge on any atom is -0.508 e. The van der Waals surface area contributed by atoms with Crippen molar-refractivity contribution in [3.63, 3.8) is 0 Å². The van der Waals surface area contributed by atoms with E-state index in [2.05, 4.69) is 0 Å². The van der Waals surface area contributed by atoms with Crippen molar-refractivity contribution >= 4 is 0 Å². The first-order valence-electron chi connectivity index (χ1n) is 4.41. The summed E-state index contributed by atoms with van der Waals surface area (Å²) in [6.45, 7) is 0.583. The molecular formula is C10H16N2O2. The first kappa shape index (κ1) is 11.0. The Hall–Kier alpha value is -1.10. The molecule has 0 aliphatic heterocycles. The van der Waals surface area contributed by atoms with Crippen molar-refractivity contribution in [2.45, 2.75) is 6.10 Å². The minimum atomic E-state index is -0.114. The average Bonchev–Trinajstić information content (AvgIpc) is 2.14. The van der Waals surface area contributed by atoms with Crippen LogP contribution in [0.25, 0.3) is 0 Å². The Bertz CT molecular complexity index is 289. The standard InChI is InChI=1S/C10H16N2O2/c1-12(11)7-10(14-2)8-4-3-5-9(13)6-8/h3-6,10,13H,7,11H2,1-2H3. The van der Waals surface area contributed by atoms with Crippen molar-refractivity contribution in [1.29, 1.82) is 0 Å². The van der Waals surface area contributed by atoms with Crippen LogP contribution in [-0.4, -0.2) is 30.8 Å². The summed E-state index contributed by atoms with van der Waals surface area (Å²) in [5.41, 5.74) is 0.921. The number of phenolic OH excluding ortho intramolecular Hbond substituents is 1. The van der Waals surface area contributed by atoms with Crippen LogP contribution in [0.2, 0.25) is 0 Å². The van der Waals surface area contributed by atoms with Gasteiger partial charge in [-0.25, -0.2) is 5.01 Å². The molecule has 1 aromatic rings. The summed E-state index contributed by atoms with van der Waals surface area (Å²) in [7, 11) is 3.40. The summed E-state index contributed by atoms with van der Waals surface area (Å²) < 4.78 is 5.27. The lowest BCUT2D eigenvalue weighted by Gasteiger charge is -2.19. The molecule has 1 aromatic carbocycles. The number of benzene rings is 1. The number of rotatable bonds is 4. The van der Waals surface area contributed by atoms with Gasteiger partial charge in [-0.15, -0.1) is 0 Å². The van der Waals surface area contributed by atoms with E-state index >= 15 is 0 Å². The SMILES string of the molecule is COC(CN(C)N)c1cccc(O)c1. The number of phenols is 1. The Morgan fingerprint density at radius 2 is 2.29 bits per heavy atom. The lowest BCUT2D eigenvalue weighted by Crippen LogP contribution is -2.31. The predicted molar refractivity (Wildman–Crippen MR) is 54.7 cm³/mol. The van der Waals surface area contributed by atoms with Crippen LogP contribution >= 0.6 is 0 Å². The molecule has 0 spiro atoms. The number of aromatic hydroxyl groups is 1. The van der Waals surface area contributed by atoms with Gasteiger partial charge in [0.2, 0.25) is 0 Å². The fraction of sp³-hybridized carbons (Fsp3) is 0.400. The summed E-state index contributed by atoms with van der Waals surface area (Å²) in [6, 6.07) is 6.99. The summed E-state index contributed by atoms with van der Waals surface area (Å²) in [4.78, 5) is 0. The molecule has 0 saturated carbocycles. The highest BCUT2D eigenvalue weighted by molar-refractivity contribution is 5.28. The highest BCUT2D eigenvalue weighted by atomic mass is 16.5. The van der Waals surface area contributed by atoms with Crippen molar-refractivity contribution in [3.8, 4) is 5.75 Å². The number of likely N-dealkylation sites (N-methyl/N-ethyl adjacent to an activating group) is 1. The van der Waals surface area contributed by atoms with Crippen molar-refractivity contribution < 1.29 is 9.84 Å². The molecule has 3 N–H and O–H groups in total. The van der Waals surface area contributed by atoms with Crippen LogP contribution in [0.3, 0.4) is 0 Å². The van der Waals surface area contributed by atoms with Gasteiger partial charge < -0.3 is 9.84 Å². The second-order valence-corrected chi connectivity index (χ2v) is 3.26. The minimum absolute atomic E-state index is 0.114. The zero-order valence-electron chi connectivity index (χ0n) is 8.47. The maximum Gasteiger partial charge on any atom is 0.115 e. The van der Waals surface area contributed by atoms with E-state index in [1.165, 1.54) is 0 Å². The molecule has 4 heteroatoms. The molecule has 0 heterocycles. The van der Waals surface area contributed by atoms with Crippen LogP contribution in [-0.2, 0) is 4.74 Å². The number of hydrogen-bond donors (Lipinski definition) is 2. The maximum absolute atomic E-state index is 9.29. The molecule has 4 nitrogen and oxygen atoms in total. The summed E-state index contributed by atoms with van der Waals surface area (Å²) in [6.07, 6.45) is -0.114. The monoisotopic (exact) mass is 196 g/mol. The lowest BCUT2D eigenvalue weighted by molar-refractivity contribution is 0.0716. The van der Waals surface area contributed by atoms with E-state index in [1.54, 1.807) is 37.4 Å². The van der Waals surface area contributed by atoms with Gasteiger partial charge in [0, 0.05) is 20.7 Å². The first-order chi connectivity index (χ1) is 6.63. The Morgan fingerprint density at radius 1 is 1.57 bits per heavy atom. The van der Waals surface area contributed by atoms with Crippen LogP contribution < -0.4 is 5.84 Å². The molecule has 0 bridgehead atoms. The van der Waals surface area contributed by atoms with Crippen molar-refractivity contribution in [1.82, 2.24) is 5.01 Å². The molecular weight excluding hydrogens is 180 g/mol. The zero-order chi connectivity index (χ0) is 10.6. The van der Waals surface area contributed by atoms with Crippen molar-refractivity contribution in [2.24, 2.45) is 5.84 Å². The molecule has 1 atom stereocenters. The van der Waals surface area contributed by atoms with Crippen molar-refractivity contribution in [3.05, 3.63) is 29.8 Å². The summed E-state index contributed by atoms with van der Waals surface area (Å²) in [5.74, 6) is 5.78. The number of nitrogens with two attached hydrogens (primary N) is 1. The topological polar surface area (TPSA) is 58.7 Å². The number of hydrogen-bond acceptors (Lipinski definition) is 4. The Kier molecular flexibility index (Phi) is 3.88. The predicted octanol–water partition coefficient (Wildman–Crippen LogP) is 0.885. The quantitative estimate of drug-likeness (QED) is 0.554. The molecule has 0 aliphatic carbocycles. The highest BCUT2D eigenvalue weighted by Crippen LogP contribution is 2.20. The van der Waals surface area contributed by atoms with Crippen LogP contribution in [0.4, 0.5) is 0 Å². The van der Waals surface area contributed by atoms with Gasteiger partial charge in [-0.05, 0) is 17.7 Å². The molecule has 0 aromatic heterocycles. The molecule has 0 saturated heterocycles. The van der Waals surface area contributed by atoms with E-state index in [4.69, 9.17) is 10.6 Å². The van der Waals surface area contributed by atoms with E-state index in [9.17, 15) is 5.11 Å². The van der Waals surface area contributed by atoms with Gasteiger partial charge >= 0.3 is 0 Å². The molecule has 78 valence electrons. The zero-order valence-corrected chi connectivity index (χ0v) is 8.47. The maximum atomic E-state index is 9.29. The third-order valence-corrected chi connectivity index (χ3v) is 1.98. The lowest BCUT2D eigenvalue weighted by atomic mass is 10.1. The number of hydrazine groups is 1. The third kappa shape index (κ3) is 2.99. The van der Waals surface area contributed by atoms with Crippen LogP contribution in [0.15, 0.2) is 24.3 Å². The number of nitrogens with zero attached hydrogens (tertiary/aromatic N) is 1. The second kappa shape index (κ2) is 4.95. The van der Waals surface area contributed by atoms with Gasteiger partial charge in [0.25, 0.3) is 0 Å². The van der Waals surface area contributed by atoms with E-state index < -0.39 is 0 Å². The molecule has 0 aliphatic rings. The fourth-order valence-electron chi connectivity index (χ4n) is 1.30. The van der Waals surface area contributed by atoms with Gasteiger partial charge in [0.15, 0.2) is 0 Å². The molecule has 0 radical (unpaired) electrons. The Morgan fingerprint density at radius 3 is 2.79 bits per heavy atom. The fourth-order valence-corrected chi connectivity index (χ4v) is 1.30. The second-order valence-electron chi connectivity index (χ2n) is 3.26. The highest BCUT2D eigenvalue weighted by Gasteiger charge is 2.11. The van der Waals surface area contributed by atoms with E-state index in [0.717, 1.165) is 5.56 Å². The van der Waals surface area contributed by atoms with Crippen LogP contribution in [0.5, 0.6) is 5.75 Å². The normalized spacial score (nSPS) is 13.1. The molecule has 1 unspecified atom stereocenters. The van der Waals surface area contributed by atoms with Crippen molar-refractivity contribution in [2.75, 3.05) is 20.7 Å². The molecule has 14 heavy (non-hydrogen) atoms. The van der Waals surface area contributed by atoms with Crippen LogP contribution in [0.1, 0.15) is 11.7 Å². The van der Waals surface area contributed by atoms with E-state index in [1.807, 2.05) is 6.07 Å². The molecule has 1 rings (SSSR count). The van der Waals surface area contributed by atoms with E-state index in [-0.39, 0.29) is 11.9 Å². The Balaban J connectivity index is 2.78. The average molecular weight is 196 g/mol. The van der Waals surface area contributed by atoms with E-state index in [0.29, 0.717) is 6.54 Å². The van der Waals surface area contributed by atoms with Gasteiger partial charge in [0.1, 0.15) is 5.75 Å². The first-order valence-corrected chi connectivity index (χ1v) is 4.41. The number of ether oxygens (including phenoxy) is 1. The van der Waals surface area contributed by atoms with Gasteiger partial charge in [-0.2, -0.15) is 0 Å². The largest absolute Gasteiger partial charge is 0.508 e. The molecule has 0 fully saturated rings. The summed E-state index contributed by atoms with van der Waals surface area (Å²) >= 11 is 0. The summed E-state index contributed by atoms with van der Waals surface area (Å²) in [5, 5.41) is 10.8. The number of methoxy groups -OCH3 is 1. The van der Waals surface area contributed by atoms with Crippen LogP contribution in [0, 0.1) is 0 Å². The van der Waals surface area contributed by atoms with Gasteiger partial charge in [0.05, 0.1) is 6.10 Å². The van der Waals surface area contributed by atoms with Gasteiger partial charge in [-0.1, -0.05) is 12.1 Å². The molecule has 0 amide bonds. The Labute approximate surface area is 83.9 Å².